The van der Waals surface area contributed by atoms with Gasteiger partial charge in [0.1, 0.15) is 5.82 Å². The summed E-state index contributed by atoms with van der Waals surface area (Å²) in [6, 6.07) is 4.36. The fourth-order valence-corrected chi connectivity index (χ4v) is 3.37. The van der Waals surface area contributed by atoms with Gasteiger partial charge in [-0.3, -0.25) is 0 Å². The molecule has 0 unspecified atom stereocenters. The molecule has 0 saturated carbocycles. The van der Waals surface area contributed by atoms with Crippen LogP contribution in [0.1, 0.15) is 93.8 Å². The fourth-order valence-electron chi connectivity index (χ4n) is 3.37. The predicted molar refractivity (Wildman–Crippen MR) is 108 cm³/mol. The molecular formula is C23H35FO4. The molecule has 0 aromatic heterocycles. The average molecular weight is 395 g/mol. The molecule has 1 fully saturated rings. The van der Waals surface area contributed by atoms with Gasteiger partial charge in [0.05, 0.1) is 25.4 Å². The summed E-state index contributed by atoms with van der Waals surface area (Å²) in [6.45, 7) is 5.87. The van der Waals surface area contributed by atoms with Crippen LogP contribution in [0.3, 0.4) is 0 Å². The van der Waals surface area contributed by atoms with Gasteiger partial charge in [-0.1, -0.05) is 64.9 Å². The maximum absolute atomic E-state index is 14.5. The van der Waals surface area contributed by atoms with Crippen molar-refractivity contribution in [2.24, 2.45) is 5.92 Å². The third kappa shape index (κ3) is 7.51. The van der Waals surface area contributed by atoms with E-state index in [1.165, 1.54) is 38.2 Å². The Labute approximate surface area is 168 Å². The molecule has 2 rings (SSSR count). The number of benzene rings is 1. The van der Waals surface area contributed by atoms with Crippen molar-refractivity contribution < 1.29 is 23.4 Å². The van der Waals surface area contributed by atoms with Crippen molar-refractivity contribution in [1.29, 1.82) is 0 Å². The Bertz CT molecular complexity index is 582. The van der Waals surface area contributed by atoms with E-state index in [1.807, 2.05) is 0 Å². The molecule has 1 saturated heterocycles. The Morgan fingerprint density at radius 1 is 1.04 bits per heavy atom. The molecule has 158 valence electrons. The predicted octanol–water partition coefficient (Wildman–Crippen LogP) is 6.19. The van der Waals surface area contributed by atoms with Crippen LogP contribution in [0.4, 0.5) is 4.39 Å². The molecule has 1 aromatic carbocycles. The summed E-state index contributed by atoms with van der Waals surface area (Å²) in [6.07, 6.45) is 9.36. The summed E-state index contributed by atoms with van der Waals surface area (Å²) in [5.74, 6) is -0.605. The first kappa shape index (κ1) is 22.8. The second-order valence-electron chi connectivity index (χ2n) is 7.65. The van der Waals surface area contributed by atoms with E-state index in [-0.39, 0.29) is 5.56 Å². The Kier molecular flexibility index (Phi) is 10.5. The SMILES string of the molecule is CCCCCCCOC(=O)c1ccc(C2OCC(CCCCC)CO2)c(F)c1. The summed E-state index contributed by atoms with van der Waals surface area (Å²) in [4.78, 5) is 12.1. The molecule has 0 atom stereocenters. The van der Waals surface area contributed by atoms with Crippen LogP contribution in [0.25, 0.3) is 0 Å². The van der Waals surface area contributed by atoms with Crippen LogP contribution in [-0.4, -0.2) is 25.8 Å². The lowest BCUT2D eigenvalue weighted by Gasteiger charge is -2.29. The smallest absolute Gasteiger partial charge is 0.338 e. The number of carbonyl (C=O) groups is 1. The lowest BCUT2D eigenvalue weighted by atomic mass is 10.0. The highest BCUT2D eigenvalue weighted by Gasteiger charge is 2.26. The molecule has 4 nitrogen and oxygen atoms in total. The van der Waals surface area contributed by atoms with Gasteiger partial charge in [0.15, 0.2) is 6.29 Å². The minimum Gasteiger partial charge on any atom is -0.462 e. The lowest BCUT2D eigenvalue weighted by Crippen LogP contribution is -2.27. The van der Waals surface area contributed by atoms with Crippen LogP contribution in [0.2, 0.25) is 0 Å². The van der Waals surface area contributed by atoms with E-state index in [9.17, 15) is 9.18 Å². The minimum atomic E-state index is -0.703. The standard InChI is InChI=1S/C23H35FO4/c1-3-5-7-8-10-14-26-22(25)19-12-13-20(21(24)15-19)23-27-16-18(17-28-23)11-9-6-4-2/h12-13,15,18,23H,3-11,14,16-17H2,1-2H3. The van der Waals surface area contributed by atoms with Gasteiger partial charge in [-0.25, -0.2) is 9.18 Å². The van der Waals surface area contributed by atoms with Crippen LogP contribution in [0, 0.1) is 11.7 Å². The van der Waals surface area contributed by atoms with E-state index in [0.29, 0.717) is 31.3 Å². The second kappa shape index (κ2) is 12.9. The molecule has 1 heterocycles. The van der Waals surface area contributed by atoms with E-state index < -0.39 is 18.1 Å². The third-order valence-corrected chi connectivity index (χ3v) is 5.15. The highest BCUT2D eigenvalue weighted by molar-refractivity contribution is 5.89. The molecule has 5 heteroatoms. The van der Waals surface area contributed by atoms with Crippen LogP contribution in [-0.2, 0) is 14.2 Å². The van der Waals surface area contributed by atoms with E-state index in [1.54, 1.807) is 12.1 Å². The zero-order chi connectivity index (χ0) is 20.2. The number of unbranched alkanes of at least 4 members (excludes halogenated alkanes) is 6. The van der Waals surface area contributed by atoms with Gasteiger partial charge in [0, 0.05) is 11.5 Å². The number of hydrogen-bond acceptors (Lipinski definition) is 4. The van der Waals surface area contributed by atoms with Gasteiger partial charge in [-0.2, -0.15) is 0 Å². The van der Waals surface area contributed by atoms with Gasteiger partial charge in [-0.05, 0) is 25.0 Å². The Morgan fingerprint density at radius 2 is 1.71 bits per heavy atom. The number of esters is 1. The molecule has 1 aliphatic rings. The Hall–Kier alpha value is -1.46. The van der Waals surface area contributed by atoms with Crippen molar-refractivity contribution in [2.45, 2.75) is 77.9 Å². The maximum atomic E-state index is 14.5. The third-order valence-electron chi connectivity index (χ3n) is 5.15. The molecule has 0 N–H and O–H groups in total. The number of rotatable bonds is 12. The quantitative estimate of drug-likeness (QED) is 0.313. The molecule has 0 aliphatic carbocycles. The summed E-state index contributed by atoms with van der Waals surface area (Å²) in [5.41, 5.74) is 0.561. The van der Waals surface area contributed by atoms with Gasteiger partial charge in [-0.15, -0.1) is 0 Å². The number of ether oxygens (including phenoxy) is 3. The van der Waals surface area contributed by atoms with E-state index in [4.69, 9.17) is 14.2 Å². The Morgan fingerprint density at radius 3 is 2.39 bits per heavy atom. The van der Waals surface area contributed by atoms with Crippen LogP contribution in [0.15, 0.2) is 18.2 Å². The monoisotopic (exact) mass is 394 g/mol. The van der Waals surface area contributed by atoms with Gasteiger partial charge in [0.25, 0.3) is 0 Å². The first-order valence-corrected chi connectivity index (χ1v) is 10.9. The summed E-state index contributed by atoms with van der Waals surface area (Å²) >= 11 is 0. The largest absolute Gasteiger partial charge is 0.462 e. The van der Waals surface area contributed by atoms with E-state index >= 15 is 0 Å². The minimum absolute atomic E-state index is 0.225. The van der Waals surface area contributed by atoms with Crippen LogP contribution in [0.5, 0.6) is 0 Å². The van der Waals surface area contributed by atoms with E-state index in [2.05, 4.69) is 13.8 Å². The van der Waals surface area contributed by atoms with Crippen molar-refractivity contribution in [2.75, 3.05) is 19.8 Å². The number of carbonyl (C=O) groups excluding carboxylic acids is 1. The first-order valence-electron chi connectivity index (χ1n) is 10.9. The highest BCUT2D eigenvalue weighted by Crippen LogP contribution is 2.29. The normalized spacial score (nSPS) is 19.5. The van der Waals surface area contributed by atoms with Crippen LogP contribution < -0.4 is 0 Å². The van der Waals surface area contributed by atoms with Crippen LogP contribution >= 0.6 is 0 Å². The molecule has 28 heavy (non-hydrogen) atoms. The fraction of sp³-hybridized carbons (Fsp3) is 0.696. The van der Waals surface area contributed by atoms with Crippen molar-refractivity contribution in [1.82, 2.24) is 0 Å². The number of hydrogen-bond donors (Lipinski definition) is 0. The molecule has 0 radical (unpaired) electrons. The molecule has 0 spiro atoms. The van der Waals surface area contributed by atoms with Crippen molar-refractivity contribution in [3.63, 3.8) is 0 Å². The Balaban J connectivity index is 1.78. The van der Waals surface area contributed by atoms with Crippen molar-refractivity contribution >= 4 is 5.97 Å². The van der Waals surface area contributed by atoms with Crippen molar-refractivity contribution in [3.05, 3.63) is 35.1 Å². The topological polar surface area (TPSA) is 44.8 Å². The zero-order valence-electron chi connectivity index (χ0n) is 17.4. The highest BCUT2D eigenvalue weighted by atomic mass is 19.1. The van der Waals surface area contributed by atoms with Gasteiger partial charge >= 0.3 is 5.97 Å². The summed E-state index contributed by atoms with van der Waals surface area (Å²) < 4.78 is 31.2. The maximum Gasteiger partial charge on any atom is 0.338 e. The van der Waals surface area contributed by atoms with Gasteiger partial charge < -0.3 is 14.2 Å². The van der Waals surface area contributed by atoms with Gasteiger partial charge in [0.2, 0.25) is 0 Å². The first-order chi connectivity index (χ1) is 13.7. The van der Waals surface area contributed by atoms with Crippen molar-refractivity contribution in [3.8, 4) is 0 Å². The van der Waals surface area contributed by atoms with E-state index in [0.717, 1.165) is 25.7 Å². The molecule has 1 aliphatic heterocycles. The molecule has 1 aromatic rings. The molecule has 0 bridgehead atoms. The summed E-state index contributed by atoms with van der Waals surface area (Å²) in [7, 11) is 0. The lowest BCUT2D eigenvalue weighted by molar-refractivity contribution is -0.207. The average Bonchev–Trinajstić information content (AvgIpc) is 2.71. The zero-order valence-corrected chi connectivity index (χ0v) is 17.4. The molecule has 0 amide bonds. The number of halogens is 1. The molecular weight excluding hydrogens is 359 g/mol. The second-order valence-corrected chi connectivity index (χ2v) is 7.65. The summed E-state index contributed by atoms with van der Waals surface area (Å²) in [5, 5.41) is 0.